The molecule has 0 aliphatic carbocycles. The number of carbonyl (C=O) groups excluding carboxylic acids is 1. The summed E-state index contributed by atoms with van der Waals surface area (Å²) in [5.41, 5.74) is 0.594. The van der Waals surface area contributed by atoms with Crippen molar-refractivity contribution in [2.24, 2.45) is 0 Å². The van der Waals surface area contributed by atoms with Crippen molar-refractivity contribution in [3.8, 4) is 0 Å². The maximum atomic E-state index is 13.1. The first-order valence-corrected chi connectivity index (χ1v) is 6.62. The maximum Gasteiger partial charge on any atom is 0.245 e. The molecule has 2 nitrogen and oxygen atoms in total. The van der Waals surface area contributed by atoms with E-state index in [0.717, 1.165) is 0 Å². The molecule has 1 aromatic rings. The van der Waals surface area contributed by atoms with Crippen molar-refractivity contribution in [1.82, 2.24) is 4.90 Å². The highest BCUT2D eigenvalue weighted by atomic mass is 79.9. The molecule has 5 heteroatoms. The number of alkyl halides is 1. The summed E-state index contributed by atoms with van der Waals surface area (Å²) in [6.07, 6.45) is 0. The lowest BCUT2D eigenvalue weighted by Crippen LogP contribution is -2.33. The first-order valence-electron chi connectivity index (χ1n) is 5.39. The monoisotopic (exact) mass is 321 g/mol. The smallest absolute Gasteiger partial charge is 0.245 e. The van der Waals surface area contributed by atoms with Gasteiger partial charge in [0.1, 0.15) is 11.2 Å². The number of carbonyl (C=O) groups is 1. The highest BCUT2D eigenvalue weighted by Crippen LogP contribution is 2.27. The van der Waals surface area contributed by atoms with Gasteiger partial charge in [-0.25, -0.2) is 4.39 Å². The van der Waals surface area contributed by atoms with Gasteiger partial charge in [-0.3, -0.25) is 4.79 Å². The highest BCUT2D eigenvalue weighted by Gasteiger charge is 2.22. The van der Waals surface area contributed by atoms with Crippen LogP contribution in [0.3, 0.4) is 0 Å². The normalized spacial score (nSPS) is 12.3. The standard InChI is InChI=1S/C12H14BrClFNO/c1-3-16(4-2)12(17)11(14)8-5-6-10(15)9(13)7-8/h5-7,11H,3-4H2,1-2H3. The zero-order chi connectivity index (χ0) is 13.0. The minimum atomic E-state index is -0.771. The molecule has 1 atom stereocenters. The van der Waals surface area contributed by atoms with Gasteiger partial charge in [0.25, 0.3) is 0 Å². The van der Waals surface area contributed by atoms with Crippen LogP contribution in [0.15, 0.2) is 22.7 Å². The quantitative estimate of drug-likeness (QED) is 0.773. The van der Waals surface area contributed by atoms with E-state index < -0.39 is 5.38 Å². The molecule has 1 rings (SSSR count). The van der Waals surface area contributed by atoms with Gasteiger partial charge in [0, 0.05) is 13.1 Å². The summed E-state index contributed by atoms with van der Waals surface area (Å²) >= 11 is 9.17. The van der Waals surface area contributed by atoms with Gasteiger partial charge >= 0.3 is 0 Å². The van der Waals surface area contributed by atoms with E-state index in [-0.39, 0.29) is 11.7 Å². The minimum absolute atomic E-state index is 0.157. The number of rotatable bonds is 4. The number of benzene rings is 1. The second kappa shape index (κ2) is 6.36. The van der Waals surface area contributed by atoms with Crippen molar-refractivity contribution in [3.05, 3.63) is 34.1 Å². The van der Waals surface area contributed by atoms with Gasteiger partial charge in [-0.05, 0) is 47.5 Å². The third kappa shape index (κ3) is 3.42. The molecule has 0 heterocycles. The van der Waals surface area contributed by atoms with Gasteiger partial charge in [0.15, 0.2) is 0 Å². The largest absolute Gasteiger partial charge is 0.342 e. The van der Waals surface area contributed by atoms with Crippen LogP contribution in [0.2, 0.25) is 0 Å². The molecule has 0 saturated heterocycles. The number of hydrogen-bond acceptors (Lipinski definition) is 1. The molecule has 0 aromatic heterocycles. The fraction of sp³-hybridized carbons (Fsp3) is 0.417. The van der Waals surface area contributed by atoms with Crippen molar-refractivity contribution in [3.63, 3.8) is 0 Å². The van der Waals surface area contributed by atoms with Gasteiger partial charge in [0.2, 0.25) is 5.91 Å². The van der Waals surface area contributed by atoms with Crippen molar-refractivity contribution in [2.75, 3.05) is 13.1 Å². The molecule has 0 fully saturated rings. The Hall–Kier alpha value is -0.610. The zero-order valence-electron chi connectivity index (χ0n) is 9.71. The molecular weight excluding hydrogens is 308 g/mol. The summed E-state index contributed by atoms with van der Waals surface area (Å²) in [5.74, 6) is -0.525. The van der Waals surface area contributed by atoms with Crippen LogP contribution in [0.5, 0.6) is 0 Å². The van der Waals surface area contributed by atoms with E-state index in [9.17, 15) is 9.18 Å². The molecule has 0 aliphatic heterocycles. The summed E-state index contributed by atoms with van der Waals surface area (Å²) in [7, 11) is 0. The Morgan fingerprint density at radius 2 is 2.06 bits per heavy atom. The Labute approximate surface area is 114 Å². The van der Waals surface area contributed by atoms with Crippen molar-refractivity contribution >= 4 is 33.4 Å². The summed E-state index contributed by atoms with van der Waals surface area (Å²) < 4.78 is 13.4. The number of halogens is 3. The summed E-state index contributed by atoms with van der Waals surface area (Å²) in [5, 5.41) is -0.771. The van der Waals surface area contributed by atoms with E-state index in [0.29, 0.717) is 23.1 Å². The number of nitrogens with zero attached hydrogens (tertiary/aromatic N) is 1. The van der Waals surface area contributed by atoms with E-state index in [1.54, 1.807) is 4.90 Å². The lowest BCUT2D eigenvalue weighted by atomic mass is 10.1. The van der Waals surface area contributed by atoms with Crippen LogP contribution < -0.4 is 0 Å². The number of likely N-dealkylation sites (N-methyl/N-ethyl adjacent to an activating group) is 1. The SMILES string of the molecule is CCN(CC)C(=O)C(Cl)c1ccc(F)c(Br)c1. The van der Waals surface area contributed by atoms with Crippen LogP contribution >= 0.6 is 27.5 Å². The Balaban J connectivity index is 2.92. The third-order valence-corrected chi connectivity index (χ3v) is 3.57. The lowest BCUT2D eigenvalue weighted by Gasteiger charge is -2.22. The molecule has 1 unspecified atom stereocenters. The highest BCUT2D eigenvalue weighted by molar-refractivity contribution is 9.10. The van der Waals surface area contributed by atoms with Crippen LogP contribution in [0.1, 0.15) is 24.8 Å². The van der Waals surface area contributed by atoms with E-state index in [4.69, 9.17) is 11.6 Å². The Kier molecular flexibility index (Phi) is 5.40. The van der Waals surface area contributed by atoms with E-state index in [1.165, 1.54) is 18.2 Å². The summed E-state index contributed by atoms with van der Waals surface area (Å²) in [6, 6.07) is 4.36. The first-order chi connectivity index (χ1) is 8.01. The van der Waals surface area contributed by atoms with Crippen LogP contribution in [0, 0.1) is 5.82 Å². The topological polar surface area (TPSA) is 20.3 Å². The summed E-state index contributed by atoms with van der Waals surface area (Å²) in [4.78, 5) is 13.6. The van der Waals surface area contributed by atoms with Crippen molar-refractivity contribution in [1.29, 1.82) is 0 Å². The predicted octanol–water partition coefficient (Wildman–Crippen LogP) is 3.74. The van der Waals surface area contributed by atoms with Crippen molar-refractivity contribution < 1.29 is 9.18 Å². The summed E-state index contributed by atoms with van der Waals surface area (Å²) in [6.45, 7) is 5.01. The van der Waals surface area contributed by atoms with Crippen LogP contribution in [-0.4, -0.2) is 23.9 Å². The third-order valence-electron chi connectivity index (χ3n) is 2.53. The molecule has 17 heavy (non-hydrogen) atoms. The fourth-order valence-electron chi connectivity index (χ4n) is 1.51. The first kappa shape index (κ1) is 14.5. The molecule has 1 aromatic carbocycles. The Morgan fingerprint density at radius 3 is 2.53 bits per heavy atom. The van der Waals surface area contributed by atoms with Gasteiger partial charge in [-0.15, -0.1) is 11.6 Å². The van der Waals surface area contributed by atoms with E-state index in [1.807, 2.05) is 13.8 Å². The molecule has 0 N–H and O–H groups in total. The Morgan fingerprint density at radius 1 is 1.47 bits per heavy atom. The maximum absolute atomic E-state index is 13.1. The van der Waals surface area contributed by atoms with Gasteiger partial charge < -0.3 is 4.90 Å². The molecule has 0 aliphatic rings. The minimum Gasteiger partial charge on any atom is -0.342 e. The molecule has 1 amide bonds. The van der Waals surface area contributed by atoms with E-state index in [2.05, 4.69) is 15.9 Å². The molecule has 0 bridgehead atoms. The average molecular weight is 323 g/mol. The molecule has 0 saturated carbocycles. The predicted molar refractivity (Wildman–Crippen MR) is 70.6 cm³/mol. The van der Waals surface area contributed by atoms with Gasteiger partial charge in [-0.2, -0.15) is 0 Å². The Bertz CT molecular complexity index is 409. The molecule has 0 spiro atoms. The van der Waals surface area contributed by atoms with Crippen LogP contribution in [0.4, 0.5) is 4.39 Å². The number of hydrogen-bond donors (Lipinski definition) is 0. The van der Waals surface area contributed by atoms with Crippen molar-refractivity contribution in [2.45, 2.75) is 19.2 Å². The zero-order valence-corrected chi connectivity index (χ0v) is 12.1. The average Bonchev–Trinajstić information content (AvgIpc) is 2.33. The fourth-order valence-corrected chi connectivity index (χ4v) is 2.18. The second-order valence-electron chi connectivity index (χ2n) is 3.55. The lowest BCUT2D eigenvalue weighted by molar-refractivity contribution is -0.130. The second-order valence-corrected chi connectivity index (χ2v) is 4.84. The van der Waals surface area contributed by atoms with Gasteiger partial charge in [-0.1, -0.05) is 6.07 Å². The molecular formula is C12H14BrClFNO. The van der Waals surface area contributed by atoms with Crippen LogP contribution in [-0.2, 0) is 4.79 Å². The van der Waals surface area contributed by atoms with E-state index >= 15 is 0 Å². The van der Waals surface area contributed by atoms with Crippen LogP contribution in [0.25, 0.3) is 0 Å². The number of amides is 1. The van der Waals surface area contributed by atoms with Gasteiger partial charge in [0.05, 0.1) is 4.47 Å². The molecule has 94 valence electrons. The molecule has 0 radical (unpaired) electrons.